The van der Waals surface area contributed by atoms with E-state index < -0.39 is 11.8 Å². The average Bonchev–Trinajstić information content (AvgIpc) is 3.61. The van der Waals surface area contributed by atoms with Crippen molar-refractivity contribution in [3.63, 3.8) is 0 Å². The molecule has 1 fully saturated rings. The summed E-state index contributed by atoms with van der Waals surface area (Å²) in [5.41, 5.74) is 11.4. The van der Waals surface area contributed by atoms with Crippen LogP contribution in [0.2, 0.25) is 0 Å². The standard InChI is InChI=1S/C28H34N2O.C2H4F2/c1-18(2)26-17-25(15-9-20(26)4)28(6,27(31)30(7)21(5)29)24-14-8-19(3)23(16-24)13-12-22-10-11-22;1-2(3)4/h8-9,14-18,22H,5,10-11,29H2,1-4,6-7H3;2H,1H3. The molecular weight excluding hydrogens is 442 g/mol. The summed E-state index contributed by atoms with van der Waals surface area (Å²) in [6.45, 7) is 15.1. The number of carbonyl (C=O) groups excluding carboxylic acids is 1. The Balaban J connectivity index is 0.00000100. The van der Waals surface area contributed by atoms with Crippen LogP contribution in [0.25, 0.3) is 0 Å². The maximum atomic E-state index is 13.8. The van der Waals surface area contributed by atoms with Crippen LogP contribution in [-0.2, 0) is 10.2 Å². The molecule has 0 radical (unpaired) electrons. The molecule has 0 bridgehead atoms. The van der Waals surface area contributed by atoms with E-state index >= 15 is 0 Å². The molecule has 35 heavy (non-hydrogen) atoms. The summed E-state index contributed by atoms with van der Waals surface area (Å²) in [6, 6.07) is 12.5. The van der Waals surface area contributed by atoms with Gasteiger partial charge in [-0.3, -0.25) is 4.79 Å². The zero-order chi connectivity index (χ0) is 26.5. The maximum absolute atomic E-state index is 13.8. The second kappa shape index (κ2) is 11.5. The molecule has 2 N–H and O–H groups in total. The fraction of sp³-hybridized carbons (Fsp3) is 0.433. The van der Waals surface area contributed by atoms with Crippen molar-refractivity contribution >= 4 is 5.91 Å². The minimum absolute atomic E-state index is 0.108. The highest BCUT2D eigenvalue weighted by atomic mass is 19.3. The third-order valence-corrected chi connectivity index (χ3v) is 6.45. The van der Waals surface area contributed by atoms with Gasteiger partial charge in [0.2, 0.25) is 12.3 Å². The van der Waals surface area contributed by atoms with Crippen molar-refractivity contribution < 1.29 is 13.6 Å². The second-order valence-electron chi connectivity index (χ2n) is 9.80. The molecule has 3 nitrogen and oxygen atoms in total. The Morgan fingerprint density at radius 3 is 2.09 bits per heavy atom. The molecule has 1 unspecified atom stereocenters. The number of carbonyl (C=O) groups is 1. The molecule has 0 aromatic heterocycles. The SMILES string of the molecule is C=C(N)N(C)C(=O)C(C)(c1ccc(C)c(C#CC2CC2)c1)c1ccc(C)c(C(C)C)c1.CC(F)F. The lowest BCUT2D eigenvalue weighted by atomic mass is 9.73. The van der Waals surface area contributed by atoms with Crippen molar-refractivity contribution in [2.24, 2.45) is 11.7 Å². The first-order valence-electron chi connectivity index (χ1n) is 12.0. The van der Waals surface area contributed by atoms with Gasteiger partial charge in [-0.1, -0.05) is 62.6 Å². The van der Waals surface area contributed by atoms with Crippen LogP contribution >= 0.6 is 0 Å². The van der Waals surface area contributed by atoms with Crippen LogP contribution in [0.15, 0.2) is 48.8 Å². The Kier molecular flexibility index (Phi) is 9.26. The van der Waals surface area contributed by atoms with Crippen molar-refractivity contribution in [1.82, 2.24) is 4.90 Å². The predicted molar refractivity (Wildman–Crippen MR) is 140 cm³/mol. The first kappa shape index (κ1) is 28.1. The molecule has 0 saturated heterocycles. The molecule has 1 amide bonds. The smallest absolute Gasteiger partial charge is 0.242 e. The molecule has 5 heteroatoms. The number of hydrogen-bond acceptors (Lipinski definition) is 2. The van der Waals surface area contributed by atoms with Gasteiger partial charge in [-0.05, 0) is 80.3 Å². The molecule has 0 spiro atoms. The van der Waals surface area contributed by atoms with E-state index in [1.54, 1.807) is 7.05 Å². The van der Waals surface area contributed by atoms with Gasteiger partial charge in [-0.25, -0.2) is 8.78 Å². The summed E-state index contributed by atoms with van der Waals surface area (Å²) in [5, 5.41) is 0. The van der Waals surface area contributed by atoms with Crippen molar-refractivity contribution in [1.29, 1.82) is 0 Å². The zero-order valence-electron chi connectivity index (χ0n) is 22.0. The molecule has 3 rings (SSSR count). The minimum Gasteiger partial charge on any atom is -0.386 e. The highest BCUT2D eigenvalue weighted by Gasteiger charge is 2.40. The van der Waals surface area contributed by atoms with Crippen LogP contribution in [0.4, 0.5) is 8.78 Å². The molecule has 2 aromatic carbocycles. The maximum Gasteiger partial charge on any atom is 0.242 e. The van der Waals surface area contributed by atoms with Crippen molar-refractivity contribution in [2.45, 2.75) is 72.1 Å². The summed E-state index contributed by atoms with van der Waals surface area (Å²) in [7, 11) is 1.68. The lowest BCUT2D eigenvalue weighted by Crippen LogP contribution is -2.45. The summed E-state index contributed by atoms with van der Waals surface area (Å²) >= 11 is 0. The van der Waals surface area contributed by atoms with Crippen LogP contribution < -0.4 is 5.73 Å². The van der Waals surface area contributed by atoms with Crippen LogP contribution in [0, 0.1) is 31.6 Å². The van der Waals surface area contributed by atoms with E-state index in [1.165, 1.54) is 28.9 Å². The highest BCUT2D eigenvalue weighted by Crippen LogP contribution is 2.37. The van der Waals surface area contributed by atoms with Crippen LogP contribution in [-0.4, -0.2) is 24.3 Å². The van der Waals surface area contributed by atoms with Gasteiger partial charge in [0.05, 0.1) is 11.2 Å². The van der Waals surface area contributed by atoms with Crippen LogP contribution in [0.5, 0.6) is 0 Å². The van der Waals surface area contributed by atoms with Gasteiger partial charge >= 0.3 is 0 Å². The van der Waals surface area contributed by atoms with E-state index in [4.69, 9.17) is 5.73 Å². The van der Waals surface area contributed by atoms with Gasteiger partial charge < -0.3 is 10.6 Å². The third kappa shape index (κ3) is 6.94. The number of nitrogens with two attached hydrogens (primary N) is 1. The second-order valence-corrected chi connectivity index (χ2v) is 9.80. The Hall–Kier alpha value is -3.13. The lowest BCUT2D eigenvalue weighted by Gasteiger charge is -2.34. The number of rotatable bonds is 5. The summed E-state index contributed by atoms with van der Waals surface area (Å²) in [4.78, 5) is 15.2. The van der Waals surface area contributed by atoms with E-state index in [9.17, 15) is 13.6 Å². The van der Waals surface area contributed by atoms with Crippen molar-refractivity contribution in [3.8, 4) is 11.8 Å². The van der Waals surface area contributed by atoms with Gasteiger partial charge in [0.1, 0.15) is 0 Å². The van der Waals surface area contributed by atoms with E-state index in [1.807, 2.05) is 13.0 Å². The van der Waals surface area contributed by atoms with Gasteiger partial charge in [0, 0.05) is 18.5 Å². The largest absolute Gasteiger partial charge is 0.386 e. The van der Waals surface area contributed by atoms with Crippen LogP contribution in [0.3, 0.4) is 0 Å². The van der Waals surface area contributed by atoms with E-state index in [-0.39, 0.29) is 11.7 Å². The minimum atomic E-state index is -2.17. The molecule has 0 aliphatic heterocycles. The van der Waals surface area contributed by atoms with E-state index in [0.717, 1.165) is 29.2 Å². The Bertz CT molecular complexity index is 1140. The number of hydrogen-bond donors (Lipinski definition) is 1. The van der Waals surface area contributed by atoms with E-state index in [2.05, 4.69) is 76.4 Å². The molecule has 188 valence electrons. The number of nitrogens with zero attached hydrogens (tertiary/aromatic N) is 1. The number of alkyl halides is 2. The topological polar surface area (TPSA) is 46.3 Å². The van der Waals surface area contributed by atoms with E-state index in [0.29, 0.717) is 11.8 Å². The Labute approximate surface area is 209 Å². The zero-order valence-corrected chi connectivity index (χ0v) is 22.0. The number of aryl methyl sites for hydroxylation is 2. The van der Waals surface area contributed by atoms with Gasteiger partial charge in [0.25, 0.3) is 0 Å². The monoisotopic (exact) mass is 480 g/mol. The Morgan fingerprint density at radius 2 is 1.60 bits per heavy atom. The van der Waals surface area contributed by atoms with Gasteiger partial charge in [-0.2, -0.15) is 0 Å². The Morgan fingerprint density at radius 1 is 1.09 bits per heavy atom. The molecule has 1 atom stereocenters. The van der Waals surface area contributed by atoms with Gasteiger partial charge in [0.15, 0.2) is 0 Å². The highest BCUT2D eigenvalue weighted by molar-refractivity contribution is 5.92. The molecule has 2 aromatic rings. The number of benzene rings is 2. The molecule has 1 aliphatic carbocycles. The molecule has 1 saturated carbocycles. The lowest BCUT2D eigenvalue weighted by molar-refractivity contribution is -0.132. The first-order chi connectivity index (χ1) is 16.3. The van der Waals surface area contributed by atoms with Crippen molar-refractivity contribution in [3.05, 3.63) is 82.2 Å². The fourth-order valence-corrected chi connectivity index (χ4v) is 3.93. The average molecular weight is 481 g/mol. The predicted octanol–water partition coefficient (Wildman–Crippen LogP) is 6.65. The first-order valence-corrected chi connectivity index (χ1v) is 12.0. The van der Waals surface area contributed by atoms with Crippen LogP contribution in [0.1, 0.15) is 79.8 Å². The molecule has 0 heterocycles. The van der Waals surface area contributed by atoms with Crippen molar-refractivity contribution in [2.75, 3.05) is 7.05 Å². The molecular formula is C30H38F2N2O. The number of likely N-dealkylation sites (N-methyl/N-ethyl adjacent to an activating group) is 1. The summed E-state index contributed by atoms with van der Waals surface area (Å²) in [5.74, 6) is 7.71. The normalized spacial score (nSPS) is 14.4. The summed E-state index contributed by atoms with van der Waals surface area (Å²) in [6.07, 6.45) is 0.208. The number of halogens is 2. The summed E-state index contributed by atoms with van der Waals surface area (Å²) < 4.78 is 20.7. The quantitative estimate of drug-likeness (QED) is 0.487. The van der Waals surface area contributed by atoms with Gasteiger partial charge in [-0.15, -0.1) is 0 Å². The molecule has 1 aliphatic rings. The fourth-order valence-electron chi connectivity index (χ4n) is 3.93. The number of amides is 1. The third-order valence-electron chi connectivity index (χ3n) is 6.45.